The highest BCUT2D eigenvalue weighted by atomic mass is 16.5. The molecule has 0 saturated carbocycles. The van der Waals surface area contributed by atoms with Gasteiger partial charge in [-0.15, -0.1) is 0 Å². The molecule has 0 aliphatic rings. The molecular formula is C16H15NO2. The van der Waals surface area contributed by atoms with Crippen molar-refractivity contribution in [2.24, 2.45) is 0 Å². The van der Waals surface area contributed by atoms with Gasteiger partial charge in [-0.25, -0.2) is 0 Å². The second-order valence-corrected chi connectivity index (χ2v) is 4.47. The lowest BCUT2D eigenvalue weighted by Crippen LogP contribution is -1.93. The highest BCUT2D eigenvalue weighted by Crippen LogP contribution is 2.36. The van der Waals surface area contributed by atoms with Crippen LogP contribution in [0.4, 0.5) is 0 Å². The van der Waals surface area contributed by atoms with Crippen LogP contribution in [0.5, 0.6) is 11.5 Å². The molecule has 0 unspecified atom stereocenters. The molecule has 0 atom stereocenters. The highest BCUT2D eigenvalue weighted by Gasteiger charge is 2.11. The Kier molecular flexibility index (Phi) is 2.75. The van der Waals surface area contributed by atoms with E-state index in [0.717, 1.165) is 38.9 Å². The standard InChI is InChI=1S/C16H15NO2/c1-10-12-8-15(18-2)16(19-3)9-13(12)11-6-4-5-7-14(11)17-10/h4-9H,1-3H3. The van der Waals surface area contributed by atoms with Crippen molar-refractivity contribution in [3.05, 3.63) is 42.1 Å². The van der Waals surface area contributed by atoms with Crippen molar-refractivity contribution < 1.29 is 9.47 Å². The quantitative estimate of drug-likeness (QED) is 0.652. The number of benzene rings is 2. The van der Waals surface area contributed by atoms with Crippen LogP contribution in [0.25, 0.3) is 21.7 Å². The minimum atomic E-state index is 0.732. The Hall–Kier alpha value is -2.29. The van der Waals surface area contributed by atoms with E-state index in [2.05, 4.69) is 11.1 Å². The third-order valence-electron chi connectivity index (χ3n) is 3.40. The van der Waals surface area contributed by atoms with Crippen molar-refractivity contribution in [2.75, 3.05) is 14.2 Å². The van der Waals surface area contributed by atoms with E-state index in [4.69, 9.17) is 9.47 Å². The molecule has 0 fully saturated rings. The molecule has 0 N–H and O–H groups in total. The van der Waals surface area contributed by atoms with Crippen molar-refractivity contribution >= 4 is 21.7 Å². The van der Waals surface area contributed by atoms with Crippen LogP contribution in [0.3, 0.4) is 0 Å². The van der Waals surface area contributed by atoms with Crippen molar-refractivity contribution in [3.8, 4) is 11.5 Å². The van der Waals surface area contributed by atoms with Crippen LogP contribution in [0.2, 0.25) is 0 Å². The van der Waals surface area contributed by atoms with Crippen LogP contribution in [-0.2, 0) is 0 Å². The van der Waals surface area contributed by atoms with E-state index >= 15 is 0 Å². The predicted octanol–water partition coefficient (Wildman–Crippen LogP) is 3.71. The van der Waals surface area contributed by atoms with E-state index in [0.29, 0.717) is 0 Å². The molecule has 0 spiro atoms. The molecule has 3 heteroatoms. The number of fused-ring (bicyclic) bond motifs is 3. The molecule has 96 valence electrons. The summed E-state index contributed by atoms with van der Waals surface area (Å²) in [6.07, 6.45) is 0. The summed E-state index contributed by atoms with van der Waals surface area (Å²) in [5.74, 6) is 1.47. The van der Waals surface area contributed by atoms with Crippen molar-refractivity contribution in [1.29, 1.82) is 0 Å². The summed E-state index contributed by atoms with van der Waals surface area (Å²) in [6, 6.07) is 12.1. The lowest BCUT2D eigenvalue weighted by Gasteiger charge is -2.12. The lowest BCUT2D eigenvalue weighted by atomic mass is 10.0. The van der Waals surface area contributed by atoms with Gasteiger partial charge in [0.05, 0.1) is 19.7 Å². The summed E-state index contributed by atoms with van der Waals surface area (Å²) in [6.45, 7) is 2.01. The number of ether oxygens (including phenoxy) is 2. The Morgan fingerprint density at radius 1 is 0.842 bits per heavy atom. The summed E-state index contributed by atoms with van der Waals surface area (Å²) in [4.78, 5) is 4.64. The maximum atomic E-state index is 5.39. The molecule has 0 amide bonds. The fourth-order valence-corrected chi connectivity index (χ4v) is 2.44. The summed E-state index contributed by atoms with van der Waals surface area (Å²) in [7, 11) is 3.30. The number of para-hydroxylation sites is 1. The summed E-state index contributed by atoms with van der Waals surface area (Å²) in [5.41, 5.74) is 1.99. The Balaban J connectivity index is 2.49. The number of nitrogens with zero attached hydrogens (tertiary/aromatic N) is 1. The van der Waals surface area contributed by atoms with E-state index in [-0.39, 0.29) is 0 Å². The Morgan fingerprint density at radius 3 is 2.16 bits per heavy atom. The number of aromatic nitrogens is 1. The van der Waals surface area contributed by atoms with Crippen LogP contribution in [0.1, 0.15) is 5.69 Å². The molecule has 2 aromatic carbocycles. The smallest absolute Gasteiger partial charge is 0.161 e. The zero-order valence-electron chi connectivity index (χ0n) is 11.2. The molecule has 3 nitrogen and oxygen atoms in total. The van der Waals surface area contributed by atoms with Gasteiger partial charge in [-0.3, -0.25) is 4.98 Å². The van der Waals surface area contributed by atoms with Gasteiger partial charge < -0.3 is 9.47 Å². The van der Waals surface area contributed by atoms with Crippen molar-refractivity contribution in [3.63, 3.8) is 0 Å². The average molecular weight is 253 g/mol. The number of aryl methyl sites for hydroxylation is 1. The molecule has 1 heterocycles. The van der Waals surface area contributed by atoms with Crippen molar-refractivity contribution in [1.82, 2.24) is 4.98 Å². The van der Waals surface area contributed by atoms with E-state index in [1.54, 1.807) is 14.2 Å². The van der Waals surface area contributed by atoms with Gasteiger partial charge in [0.15, 0.2) is 11.5 Å². The minimum absolute atomic E-state index is 0.732. The zero-order valence-corrected chi connectivity index (χ0v) is 11.2. The average Bonchev–Trinajstić information content (AvgIpc) is 2.46. The predicted molar refractivity (Wildman–Crippen MR) is 77.1 cm³/mol. The fraction of sp³-hybridized carbons (Fsp3) is 0.188. The van der Waals surface area contributed by atoms with Gasteiger partial charge in [0.1, 0.15) is 0 Å². The molecule has 3 rings (SSSR count). The van der Waals surface area contributed by atoms with Gasteiger partial charge in [0.25, 0.3) is 0 Å². The van der Waals surface area contributed by atoms with Gasteiger partial charge in [0, 0.05) is 16.5 Å². The first-order chi connectivity index (χ1) is 9.24. The molecular weight excluding hydrogens is 238 g/mol. The molecule has 3 aromatic rings. The van der Waals surface area contributed by atoms with Crippen LogP contribution in [0, 0.1) is 6.92 Å². The topological polar surface area (TPSA) is 31.4 Å². The number of hydrogen-bond donors (Lipinski definition) is 0. The number of pyridine rings is 1. The molecule has 0 aliphatic carbocycles. The number of hydrogen-bond acceptors (Lipinski definition) is 3. The maximum absolute atomic E-state index is 5.39. The van der Waals surface area contributed by atoms with E-state index < -0.39 is 0 Å². The van der Waals surface area contributed by atoms with Gasteiger partial charge in [-0.1, -0.05) is 18.2 Å². The van der Waals surface area contributed by atoms with Gasteiger partial charge >= 0.3 is 0 Å². The van der Waals surface area contributed by atoms with E-state index in [1.807, 2.05) is 37.3 Å². The van der Waals surface area contributed by atoms with Crippen LogP contribution in [0.15, 0.2) is 36.4 Å². The largest absolute Gasteiger partial charge is 0.493 e. The summed E-state index contributed by atoms with van der Waals surface area (Å²) >= 11 is 0. The number of methoxy groups -OCH3 is 2. The molecule has 0 bridgehead atoms. The van der Waals surface area contributed by atoms with Gasteiger partial charge in [-0.05, 0) is 30.5 Å². The Bertz CT molecular complexity index is 765. The SMILES string of the molecule is COc1cc2c(C)nc3ccccc3c2cc1OC. The Labute approximate surface area is 111 Å². The van der Waals surface area contributed by atoms with Gasteiger partial charge in [0.2, 0.25) is 0 Å². The van der Waals surface area contributed by atoms with E-state index in [9.17, 15) is 0 Å². The molecule has 0 aliphatic heterocycles. The monoisotopic (exact) mass is 253 g/mol. The van der Waals surface area contributed by atoms with Crippen LogP contribution in [-0.4, -0.2) is 19.2 Å². The normalized spacial score (nSPS) is 10.9. The van der Waals surface area contributed by atoms with Gasteiger partial charge in [-0.2, -0.15) is 0 Å². The molecule has 19 heavy (non-hydrogen) atoms. The molecule has 1 aromatic heterocycles. The maximum Gasteiger partial charge on any atom is 0.161 e. The second kappa shape index (κ2) is 4.43. The summed E-state index contributed by atoms with van der Waals surface area (Å²) in [5, 5.41) is 3.36. The lowest BCUT2D eigenvalue weighted by molar-refractivity contribution is 0.356. The van der Waals surface area contributed by atoms with Crippen LogP contribution >= 0.6 is 0 Å². The highest BCUT2D eigenvalue weighted by molar-refractivity contribution is 6.07. The Morgan fingerprint density at radius 2 is 1.47 bits per heavy atom. The first-order valence-corrected chi connectivity index (χ1v) is 6.15. The minimum Gasteiger partial charge on any atom is -0.493 e. The molecule has 0 radical (unpaired) electrons. The van der Waals surface area contributed by atoms with Crippen LogP contribution < -0.4 is 9.47 Å². The first-order valence-electron chi connectivity index (χ1n) is 6.15. The zero-order chi connectivity index (χ0) is 13.4. The number of rotatable bonds is 2. The first kappa shape index (κ1) is 11.8. The second-order valence-electron chi connectivity index (χ2n) is 4.47. The third-order valence-corrected chi connectivity index (χ3v) is 3.40. The molecule has 0 saturated heterocycles. The van der Waals surface area contributed by atoms with E-state index in [1.165, 1.54) is 0 Å². The fourth-order valence-electron chi connectivity index (χ4n) is 2.44. The third kappa shape index (κ3) is 1.78. The summed E-state index contributed by atoms with van der Waals surface area (Å²) < 4.78 is 10.7. The van der Waals surface area contributed by atoms with Crippen molar-refractivity contribution in [2.45, 2.75) is 6.92 Å².